The third-order valence-electron chi connectivity index (χ3n) is 3.69. The lowest BCUT2D eigenvalue weighted by Crippen LogP contribution is -2.38. The van der Waals surface area contributed by atoms with Crippen molar-refractivity contribution in [3.63, 3.8) is 0 Å². The average Bonchev–Trinajstić information content (AvgIpc) is 2.52. The van der Waals surface area contributed by atoms with Crippen molar-refractivity contribution < 1.29 is 14.3 Å². The van der Waals surface area contributed by atoms with E-state index in [1.165, 1.54) is 0 Å². The van der Waals surface area contributed by atoms with Gasteiger partial charge in [-0.3, -0.25) is 0 Å². The van der Waals surface area contributed by atoms with Crippen molar-refractivity contribution >= 4 is 6.09 Å². The fourth-order valence-electron chi connectivity index (χ4n) is 2.43. The molecular formula is C19H32N2O3. The number of para-hydroxylation sites is 1. The van der Waals surface area contributed by atoms with Crippen LogP contribution in [-0.2, 0) is 4.74 Å². The Morgan fingerprint density at radius 1 is 1.29 bits per heavy atom. The molecule has 0 aliphatic rings. The minimum absolute atomic E-state index is 0.192. The summed E-state index contributed by atoms with van der Waals surface area (Å²) >= 11 is 0. The molecule has 0 fully saturated rings. The average molecular weight is 336 g/mol. The molecule has 5 heteroatoms. The molecular weight excluding hydrogens is 304 g/mol. The van der Waals surface area contributed by atoms with E-state index >= 15 is 0 Å². The highest BCUT2D eigenvalue weighted by molar-refractivity contribution is 5.68. The first-order chi connectivity index (χ1) is 11.3. The molecule has 0 aromatic heterocycles. The molecule has 24 heavy (non-hydrogen) atoms. The third kappa shape index (κ3) is 6.79. The maximum absolute atomic E-state index is 12.1. The minimum Gasteiger partial charge on any atom is -0.496 e. The van der Waals surface area contributed by atoms with Crippen LogP contribution in [0.25, 0.3) is 0 Å². The van der Waals surface area contributed by atoms with Gasteiger partial charge in [-0.1, -0.05) is 18.2 Å². The molecule has 5 nitrogen and oxygen atoms in total. The maximum atomic E-state index is 12.1. The van der Waals surface area contributed by atoms with Gasteiger partial charge in [0.2, 0.25) is 0 Å². The molecule has 0 aliphatic heterocycles. The third-order valence-corrected chi connectivity index (χ3v) is 3.69. The SMILES string of the molecule is CCN(CCCNC(C)c1ccccc1OC)C(=O)OC(C)(C)C. The highest BCUT2D eigenvalue weighted by atomic mass is 16.6. The molecule has 0 saturated heterocycles. The van der Waals surface area contributed by atoms with E-state index in [0.29, 0.717) is 13.1 Å². The Morgan fingerprint density at radius 3 is 2.54 bits per heavy atom. The van der Waals surface area contributed by atoms with Crippen LogP contribution in [0.5, 0.6) is 5.75 Å². The van der Waals surface area contributed by atoms with Crippen LogP contribution in [-0.4, -0.2) is 43.3 Å². The number of nitrogens with zero attached hydrogens (tertiary/aromatic N) is 1. The van der Waals surface area contributed by atoms with Crippen LogP contribution in [0, 0.1) is 0 Å². The summed E-state index contributed by atoms with van der Waals surface area (Å²) in [5.41, 5.74) is 0.681. The van der Waals surface area contributed by atoms with Crippen LogP contribution in [0.3, 0.4) is 0 Å². The Morgan fingerprint density at radius 2 is 1.96 bits per heavy atom. The van der Waals surface area contributed by atoms with Gasteiger partial charge in [-0.15, -0.1) is 0 Å². The van der Waals surface area contributed by atoms with Gasteiger partial charge in [0.25, 0.3) is 0 Å². The molecule has 1 rings (SSSR count). The van der Waals surface area contributed by atoms with Crippen LogP contribution in [0.1, 0.15) is 52.6 Å². The van der Waals surface area contributed by atoms with Crippen molar-refractivity contribution in [2.24, 2.45) is 0 Å². The van der Waals surface area contributed by atoms with Gasteiger partial charge >= 0.3 is 6.09 Å². The number of hydrogen-bond acceptors (Lipinski definition) is 4. The van der Waals surface area contributed by atoms with Crippen molar-refractivity contribution in [1.29, 1.82) is 0 Å². The molecule has 0 saturated carbocycles. The second kappa shape index (κ2) is 9.52. The fourth-order valence-corrected chi connectivity index (χ4v) is 2.43. The van der Waals surface area contributed by atoms with E-state index in [1.54, 1.807) is 12.0 Å². The van der Waals surface area contributed by atoms with E-state index in [0.717, 1.165) is 24.3 Å². The summed E-state index contributed by atoms with van der Waals surface area (Å²) in [5.74, 6) is 0.890. The van der Waals surface area contributed by atoms with Crippen LogP contribution in [0.4, 0.5) is 4.79 Å². The summed E-state index contributed by atoms with van der Waals surface area (Å²) < 4.78 is 10.8. The number of ether oxygens (including phenoxy) is 2. The van der Waals surface area contributed by atoms with Gasteiger partial charge in [0.15, 0.2) is 0 Å². The van der Waals surface area contributed by atoms with Crippen molar-refractivity contribution in [2.45, 2.75) is 52.7 Å². The van der Waals surface area contributed by atoms with Crippen molar-refractivity contribution in [3.8, 4) is 5.75 Å². The number of benzene rings is 1. The van der Waals surface area contributed by atoms with Crippen molar-refractivity contribution in [2.75, 3.05) is 26.7 Å². The van der Waals surface area contributed by atoms with E-state index in [-0.39, 0.29) is 12.1 Å². The lowest BCUT2D eigenvalue weighted by atomic mass is 10.1. The zero-order chi connectivity index (χ0) is 18.2. The van der Waals surface area contributed by atoms with E-state index in [2.05, 4.69) is 18.3 Å². The molecule has 0 radical (unpaired) electrons. The number of carbonyl (C=O) groups is 1. The molecule has 1 unspecified atom stereocenters. The van der Waals surface area contributed by atoms with Crippen molar-refractivity contribution in [1.82, 2.24) is 10.2 Å². The maximum Gasteiger partial charge on any atom is 0.410 e. The number of rotatable bonds is 8. The molecule has 1 atom stereocenters. The predicted molar refractivity (Wildman–Crippen MR) is 97.5 cm³/mol. The summed E-state index contributed by atoms with van der Waals surface area (Å²) in [6.45, 7) is 11.9. The number of nitrogens with one attached hydrogen (secondary N) is 1. The first kappa shape index (κ1) is 20.3. The van der Waals surface area contributed by atoms with E-state index in [9.17, 15) is 4.79 Å². The molecule has 1 N–H and O–H groups in total. The van der Waals surface area contributed by atoms with Crippen molar-refractivity contribution in [3.05, 3.63) is 29.8 Å². The Bertz CT molecular complexity index is 512. The molecule has 0 aliphatic carbocycles. The summed E-state index contributed by atoms with van der Waals surface area (Å²) in [5, 5.41) is 3.48. The molecule has 0 heterocycles. The molecule has 0 spiro atoms. The quantitative estimate of drug-likeness (QED) is 0.729. The zero-order valence-corrected chi connectivity index (χ0v) is 15.9. The first-order valence-electron chi connectivity index (χ1n) is 8.62. The summed E-state index contributed by atoms with van der Waals surface area (Å²) in [6.07, 6.45) is 0.620. The summed E-state index contributed by atoms with van der Waals surface area (Å²) in [4.78, 5) is 13.8. The summed E-state index contributed by atoms with van der Waals surface area (Å²) in [7, 11) is 1.69. The summed E-state index contributed by atoms with van der Waals surface area (Å²) in [6, 6.07) is 8.20. The fraction of sp³-hybridized carbons (Fsp3) is 0.632. The van der Waals surface area contributed by atoms with Crippen LogP contribution >= 0.6 is 0 Å². The topological polar surface area (TPSA) is 50.8 Å². The van der Waals surface area contributed by atoms with Crippen LogP contribution in [0.2, 0.25) is 0 Å². The minimum atomic E-state index is -0.457. The standard InChI is InChI=1S/C19H32N2O3/c1-7-21(18(22)24-19(3,4)5)14-10-13-20-15(2)16-11-8-9-12-17(16)23-6/h8-9,11-12,15,20H,7,10,13-14H2,1-6H3. The van der Waals surface area contributed by atoms with Crippen LogP contribution in [0.15, 0.2) is 24.3 Å². The largest absolute Gasteiger partial charge is 0.496 e. The van der Waals surface area contributed by atoms with Gasteiger partial charge in [0.05, 0.1) is 7.11 Å². The van der Waals surface area contributed by atoms with Gasteiger partial charge in [-0.2, -0.15) is 0 Å². The lowest BCUT2D eigenvalue weighted by Gasteiger charge is -2.26. The van der Waals surface area contributed by atoms with Gasteiger partial charge < -0.3 is 19.7 Å². The monoisotopic (exact) mass is 336 g/mol. The van der Waals surface area contributed by atoms with Gasteiger partial charge in [0, 0.05) is 24.7 Å². The molecule has 1 amide bonds. The van der Waals surface area contributed by atoms with Gasteiger partial charge in [-0.25, -0.2) is 4.79 Å². The lowest BCUT2D eigenvalue weighted by molar-refractivity contribution is 0.0258. The first-order valence-corrected chi connectivity index (χ1v) is 8.62. The highest BCUT2D eigenvalue weighted by Gasteiger charge is 2.20. The Kier molecular flexibility index (Phi) is 8.05. The molecule has 136 valence electrons. The zero-order valence-electron chi connectivity index (χ0n) is 15.9. The van der Waals surface area contributed by atoms with Gasteiger partial charge in [0.1, 0.15) is 11.4 Å². The second-order valence-electron chi connectivity index (χ2n) is 6.83. The Hall–Kier alpha value is -1.75. The van der Waals surface area contributed by atoms with Gasteiger partial charge in [-0.05, 0) is 53.7 Å². The number of carbonyl (C=O) groups excluding carboxylic acids is 1. The highest BCUT2D eigenvalue weighted by Crippen LogP contribution is 2.24. The Balaban J connectivity index is 2.42. The van der Waals surface area contributed by atoms with E-state index < -0.39 is 5.60 Å². The number of methoxy groups -OCH3 is 1. The normalized spacial score (nSPS) is 12.6. The number of amides is 1. The molecule has 1 aromatic rings. The second-order valence-corrected chi connectivity index (χ2v) is 6.83. The molecule has 0 bridgehead atoms. The van der Waals surface area contributed by atoms with E-state index in [4.69, 9.17) is 9.47 Å². The number of hydrogen-bond donors (Lipinski definition) is 1. The van der Waals surface area contributed by atoms with E-state index in [1.807, 2.05) is 45.9 Å². The molecule has 1 aromatic carbocycles. The smallest absolute Gasteiger partial charge is 0.410 e. The predicted octanol–water partition coefficient (Wildman–Crippen LogP) is 3.99. The Labute approximate surface area is 146 Å². The van der Waals surface area contributed by atoms with Crippen LogP contribution < -0.4 is 10.1 Å².